The molecule has 2 nitrogen and oxygen atoms in total. The van der Waals surface area contributed by atoms with Gasteiger partial charge in [-0.15, -0.1) is 0 Å². The highest BCUT2D eigenvalue weighted by Gasteiger charge is 2.21. The molecule has 2 heterocycles. The lowest BCUT2D eigenvalue weighted by molar-refractivity contribution is 0.347. The maximum absolute atomic E-state index is 3.54. The van der Waals surface area contributed by atoms with E-state index in [-0.39, 0.29) is 0 Å². The van der Waals surface area contributed by atoms with Crippen molar-refractivity contribution in [3.8, 4) is 0 Å². The quantitative estimate of drug-likeness (QED) is 0.669. The van der Waals surface area contributed by atoms with E-state index in [0.29, 0.717) is 12.0 Å². The molecule has 1 atom stereocenters. The van der Waals surface area contributed by atoms with Crippen molar-refractivity contribution in [1.82, 2.24) is 9.88 Å². The maximum Gasteiger partial charge on any atom is 0.0498 e. The summed E-state index contributed by atoms with van der Waals surface area (Å²) in [5.74, 6) is 0.680. The molecule has 0 radical (unpaired) electrons. The van der Waals surface area contributed by atoms with E-state index in [2.05, 4.69) is 42.1 Å². The summed E-state index contributed by atoms with van der Waals surface area (Å²) in [4.78, 5) is 0. The van der Waals surface area contributed by atoms with Gasteiger partial charge in [-0.1, -0.05) is 13.8 Å². The van der Waals surface area contributed by atoms with Gasteiger partial charge in [0.2, 0.25) is 0 Å². The Balaban J connectivity index is 2.31. The lowest BCUT2D eigenvalue weighted by Gasteiger charge is -2.29. The lowest BCUT2D eigenvalue weighted by atomic mass is 10.00. The van der Waals surface area contributed by atoms with Gasteiger partial charge in [-0.3, -0.25) is 0 Å². The van der Waals surface area contributed by atoms with Gasteiger partial charge in [0.15, 0.2) is 0 Å². The molecule has 0 saturated carbocycles. The Hall–Kier alpha value is -0.760. The van der Waals surface area contributed by atoms with Crippen molar-refractivity contribution in [3.63, 3.8) is 0 Å². The van der Waals surface area contributed by atoms with Crippen molar-refractivity contribution in [2.45, 2.75) is 26.4 Å². The van der Waals surface area contributed by atoms with Gasteiger partial charge >= 0.3 is 0 Å². The van der Waals surface area contributed by atoms with E-state index < -0.39 is 0 Å². The summed E-state index contributed by atoms with van der Waals surface area (Å²) in [5, 5.41) is 3.54. The molecule has 0 aromatic carbocycles. The van der Waals surface area contributed by atoms with E-state index in [1.807, 2.05) is 0 Å². The van der Waals surface area contributed by atoms with Crippen molar-refractivity contribution in [2.24, 2.45) is 5.92 Å². The standard InChI is InChI=1S/C10H16N2/c1-8(2)10-9-4-3-6-12(9)7-5-11-10/h3-4,6,8,10-11H,5,7H2,1-2H3. The minimum Gasteiger partial charge on any atom is -0.349 e. The zero-order valence-corrected chi connectivity index (χ0v) is 7.75. The molecule has 1 aromatic heterocycles. The summed E-state index contributed by atoms with van der Waals surface area (Å²) >= 11 is 0. The van der Waals surface area contributed by atoms with Gasteiger partial charge in [0.1, 0.15) is 0 Å². The highest BCUT2D eigenvalue weighted by Crippen LogP contribution is 2.24. The Morgan fingerprint density at radius 2 is 2.42 bits per heavy atom. The van der Waals surface area contributed by atoms with Crippen LogP contribution < -0.4 is 5.32 Å². The normalized spacial score (nSPS) is 22.8. The fraction of sp³-hybridized carbons (Fsp3) is 0.600. The predicted octanol–water partition coefficient (Wildman–Crippen LogP) is 1.79. The van der Waals surface area contributed by atoms with Crippen molar-refractivity contribution in [3.05, 3.63) is 24.0 Å². The van der Waals surface area contributed by atoms with Gasteiger partial charge in [-0.2, -0.15) is 0 Å². The summed E-state index contributed by atoms with van der Waals surface area (Å²) in [5.41, 5.74) is 1.44. The van der Waals surface area contributed by atoms with Gasteiger partial charge in [-0.25, -0.2) is 0 Å². The summed E-state index contributed by atoms with van der Waals surface area (Å²) in [6.07, 6.45) is 2.17. The molecular formula is C10H16N2. The predicted molar refractivity (Wildman–Crippen MR) is 50.0 cm³/mol. The van der Waals surface area contributed by atoms with Crippen LogP contribution in [0.4, 0.5) is 0 Å². The topological polar surface area (TPSA) is 17.0 Å². The first-order chi connectivity index (χ1) is 5.79. The smallest absolute Gasteiger partial charge is 0.0498 e. The van der Waals surface area contributed by atoms with Crippen LogP contribution in [0.3, 0.4) is 0 Å². The summed E-state index contributed by atoms with van der Waals surface area (Å²) in [6.45, 7) is 6.75. The van der Waals surface area contributed by atoms with Crippen molar-refractivity contribution in [2.75, 3.05) is 6.54 Å². The Labute approximate surface area is 73.6 Å². The third-order valence-corrected chi connectivity index (χ3v) is 2.57. The minimum absolute atomic E-state index is 0.550. The molecule has 1 N–H and O–H groups in total. The molecule has 2 rings (SSSR count). The molecule has 0 spiro atoms. The van der Waals surface area contributed by atoms with Crippen LogP contribution >= 0.6 is 0 Å². The number of aromatic nitrogens is 1. The third kappa shape index (κ3) is 1.16. The Kier molecular flexibility index (Phi) is 1.93. The van der Waals surface area contributed by atoms with E-state index in [1.54, 1.807) is 0 Å². The van der Waals surface area contributed by atoms with Gasteiger partial charge in [0.25, 0.3) is 0 Å². The third-order valence-electron chi connectivity index (χ3n) is 2.57. The maximum atomic E-state index is 3.54. The van der Waals surface area contributed by atoms with Crippen LogP contribution in [0.25, 0.3) is 0 Å². The monoisotopic (exact) mass is 164 g/mol. The van der Waals surface area contributed by atoms with Crippen molar-refractivity contribution in [1.29, 1.82) is 0 Å². The zero-order valence-electron chi connectivity index (χ0n) is 7.75. The molecule has 0 bridgehead atoms. The molecular weight excluding hydrogens is 148 g/mol. The van der Waals surface area contributed by atoms with Crippen LogP contribution in [0.5, 0.6) is 0 Å². The molecule has 0 fully saturated rings. The Morgan fingerprint density at radius 3 is 3.17 bits per heavy atom. The molecule has 1 aromatic rings. The first-order valence-corrected chi connectivity index (χ1v) is 4.67. The molecule has 1 unspecified atom stereocenters. The molecule has 0 aliphatic carbocycles. The number of fused-ring (bicyclic) bond motifs is 1. The fourth-order valence-corrected chi connectivity index (χ4v) is 1.94. The van der Waals surface area contributed by atoms with Crippen LogP contribution in [0, 0.1) is 5.92 Å². The second-order valence-corrected chi connectivity index (χ2v) is 3.80. The number of nitrogens with zero attached hydrogens (tertiary/aromatic N) is 1. The first kappa shape index (κ1) is 7.87. The average molecular weight is 164 g/mol. The van der Waals surface area contributed by atoms with Gasteiger partial charge in [0.05, 0.1) is 0 Å². The Bertz CT molecular complexity index is 263. The molecule has 0 saturated heterocycles. The van der Waals surface area contributed by atoms with Crippen LogP contribution in [0.1, 0.15) is 25.6 Å². The molecule has 66 valence electrons. The lowest BCUT2D eigenvalue weighted by Crippen LogP contribution is -2.35. The molecule has 1 aliphatic rings. The second-order valence-electron chi connectivity index (χ2n) is 3.80. The first-order valence-electron chi connectivity index (χ1n) is 4.67. The van der Waals surface area contributed by atoms with Crippen LogP contribution in [0.2, 0.25) is 0 Å². The van der Waals surface area contributed by atoms with Gasteiger partial charge in [-0.05, 0) is 18.1 Å². The number of hydrogen-bond donors (Lipinski definition) is 1. The minimum atomic E-state index is 0.550. The highest BCUT2D eigenvalue weighted by molar-refractivity contribution is 5.14. The van der Waals surface area contributed by atoms with Crippen LogP contribution in [-0.4, -0.2) is 11.1 Å². The summed E-state index contributed by atoms with van der Waals surface area (Å²) < 4.78 is 2.35. The van der Waals surface area contributed by atoms with Crippen molar-refractivity contribution < 1.29 is 0 Å². The van der Waals surface area contributed by atoms with E-state index in [0.717, 1.165) is 13.1 Å². The number of rotatable bonds is 1. The van der Waals surface area contributed by atoms with E-state index in [4.69, 9.17) is 0 Å². The average Bonchev–Trinajstić information content (AvgIpc) is 2.49. The molecule has 1 aliphatic heterocycles. The summed E-state index contributed by atoms with van der Waals surface area (Å²) in [7, 11) is 0. The van der Waals surface area contributed by atoms with Gasteiger partial charge < -0.3 is 9.88 Å². The Morgan fingerprint density at radius 1 is 1.58 bits per heavy atom. The molecule has 12 heavy (non-hydrogen) atoms. The SMILES string of the molecule is CC(C)C1NCCn2cccc21. The number of hydrogen-bond acceptors (Lipinski definition) is 1. The van der Waals surface area contributed by atoms with Crippen LogP contribution in [0.15, 0.2) is 18.3 Å². The van der Waals surface area contributed by atoms with E-state index in [1.165, 1.54) is 5.69 Å². The fourth-order valence-electron chi connectivity index (χ4n) is 1.94. The molecule has 0 amide bonds. The zero-order chi connectivity index (χ0) is 8.55. The largest absolute Gasteiger partial charge is 0.349 e. The van der Waals surface area contributed by atoms with E-state index >= 15 is 0 Å². The van der Waals surface area contributed by atoms with Gasteiger partial charge in [0, 0.05) is 31.0 Å². The van der Waals surface area contributed by atoms with Crippen molar-refractivity contribution >= 4 is 0 Å². The highest BCUT2D eigenvalue weighted by atomic mass is 15.1. The summed E-state index contributed by atoms with van der Waals surface area (Å²) in [6, 6.07) is 4.91. The number of nitrogens with one attached hydrogen (secondary N) is 1. The van der Waals surface area contributed by atoms with Crippen LogP contribution in [-0.2, 0) is 6.54 Å². The second kappa shape index (κ2) is 2.94. The van der Waals surface area contributed by atoms with E-state index in [9.17, 15) is 0 Å². The molecule has 2 heteroatoms.